The third-order valence-electron chi connectivity index (χ3n) is 6.80. The Hall–Kier alpha value is 0.170. The molecule has 0 aromatic rings. The number of hydrazine groups is 1. The first-order valence-electron chi connectivity index (χ1n) is 10.7. The Balaban J connectivity index is 1.56. The van der Waals surface area contributed by atoms with Gasteiger partial charge in [0.05, 0.1) is 35.4 Å². The lowest BCUT2D eigenvalue weighted by atomic mass is 9.84. The van der Waals surface area contributed by atoms with Crippen LogP contribution in [0.15, 0.2) is 0 Å². The maximum atomic E-state index is 14.5. The van der Waals surface area contributed by atoms with Crippen molar-refractivity contribution in [2.24, 2.45) is 5.92 Å². The molecule has 3 saturated heterocycles. The Morgan fingerprint density at radius 1 is 1.11 bits per heavy atom. The molecule has 4 rings (SSSR count). The fraction of sp³-hybridized carbons (Fsp3) is 1.00. The molecule has 8 heteroatoms. The van der Waals surface area contributed by atoms with Crippen LogP contribution in [0.2, 0.25) is 0 Å². The van der Waals surface area contributed by atoms with Crippen molar-refractivity contribution in [2.75, 3.05) is 32.7 Å². The van der Waals surface area contributed by atoms with Crippen molar-refractivity contribution in [3.63, 3.8) is 0 Å². The van der Waals surface area contributed by atoms with Gasteiger partial charge in [0.2, 0.25) is 0 Å². The second-order valence-electron chi connectivity index (χ2n) is 8.64. The molecule has 0 radical (unpaired) electrons. The number of fused-ring (bicyclic) bond motifs is 2. The molecule has 8 atom stereocenters. The summed E-state index contributed by atoms with van der Waals surface area (Å²) in [6.45, 7) is 8.98. The van der Waals surface area contributed by atoms with Crippen LogP contribution >= 0.6 is 15.9 Å². The average Bonchev–Trinajstić information content (AvgIpc) is 3.06. The van der Waals surface area contributed by atoms with E-state index in [4.69, 9.17) is 4.74 Å². The van der Waals surface area contributed by atoms with Gasteiger partial charge < -0.3 is 10.1 Å². The summed E-state index contributed by atoms with van der Waals surface area (Å²) in [5.74, 6) is 0.170. The van der Waals surface area contributed by atoms with Crippen molar-refractivity contribution in [1.82, 2.24) is 26.0 Å². The van der Waals surface area contributed by atoms with E-state index in [0.29, 0.717) is 24.8 Å². The average molecular weight is 448 g/mol. The Morgan fingerprint density at radius 2 is 1.93 bits per heavy atom. The molecule has 0 aromatic carbocycles. The van der Waals surface area contributed by atoms with Gasteiger partial charge in [0, 0.05) is 32.1 Å². The van der Waals surface area contributed by atoms with E-state index in [1.54, 1.807) is 0 Å². The van der Waals surface area contributed by atoms with Crippen LogP contribution in [0.25, 0.3) is 0 Å². The first-order chi connectivity index (χ1) is 13.1. The van der Waals surface area contributed by atoms with Gasteiger partial charge >= 0.3 is 0 Å². The van der Waals surface area contributed by atoms with Crippen molar-refractivity contribution in [1.29, 1.82) is 0 Å². The number of nitrogens with zero attached hydrogens (tertiary/aromatic N) is 2. The summed E-state index contributed by atoms with van der Waals surface area (Å²) in [7, 11) is 0. The molecule has 3 heterocycles. The predicted octanol–water partition coefficient (Wildman–Crippen LogP) is 1.42. The Bertz CT molecular complexity index is 503. The molecule has 2 bridgehead atoms. The van der Waals surface area contributed by atoms with E-state index < -0.39 is 6.17 Å². The lowest BCUT2D eigenvalue weighted by molar-refractivity contribution is -0.0752. The molecule has 7 unspecified atom stereocenters. The molecular weight excluding hydrogens is 413 g/mol. The van der Waals surface area contributed by atoms with E-state index in [0.717, 1.165) is 52.0 Å². The van der Waals surface area contributed by atoms with Gasteiger partial charge in [-0.25, -0.2) is 14.8 Å². The van der Waals surface area contributed by atoms with Gasteiger partial charge in [-0.05, 0) is 39.2 Å². The standard InChI is InChI=1S/C19H35BrFN5O/c1-3-25-11-14-16(5-4-15(21)19(14)20)27-12(2)8-22-9-13-10-23-17-6-7-18(25)24-26(13)17/h12-19,22-24H,3-11H2,1-2H3/t12-,13?,14?,15?,16?,17?,18?,19?/m1/s1. The molecule has 0 aromatic heterocycles. The molecule has 4 aliphatic rings. The summed E-state index contributed by atoms with van der Waals surface area (Å²) >= 11 is 3.69. The minimum atomic E-state index is -0.784. The number of alkyl halides is 2. The highest BCUT2D eigenvalue weighted by atomic mass is 79.9. The van der Waals surface area contributed by atoms with Gasteiger partial charge in [0.15, 0.2) is 0 Å². The van der Waals surface area contributed by atoms with Crippen LogP contribution in [0.3, 0.4) is 0 Å². The zero-order valence-electron chi connectivity index (χ0n) is 16.5. The number of ether oxygens (including phenoxy) is 1. The predicted molar refractivity (Wildman–Crippen MR) is 108 cm³/mol. The molecule has 1 saturated carbocycles. The number of nitrogens with one attached hydrogen (secondary N) is 3. The van der Waals surface area contributed by atoms with E-state index in [-0.39, 0.29) is 23.0 Å². The van der Waals surface area contributed by atoms with Crippen LogP contribution in [0.4, 0.5) is 4.39 Å². The Kier molecular flexibility index (Phi) is 6.74. The second kappa shape index (κ2) is 8.90. The monoisotopic (exact) mass is 447 g/mol. The van der Waals surface area contributed by atoms with Crippen LogP contribution in [0.1, 0.15) is 39.5 Å². The minimum absolute atomic E-state index is 0.116. The van der Waals surface area contributed by atoms with Crippen LogP contribution in [-0.2, 0) is 4.74 Å². The topological polar surface area (TPSA) is 51.8 Å². The zero-order valence-corrected chi connectivity index (χ0v) is 18.1. The Morgan fingerprint density at radius 3 is 2.74 bits per heavy atom. The molecular formula is C19H35BrFN5O. The SMILES string of the molecule is CCN1CC2C(CCC(F)C2Br)O[C@H](C)CNCC2CNC3CCC1NN23. The largest absolute Gasteiger partial charge is 0.374 e. The maximum absolute atomic E-state index is 14.5. The molecule has 4 fully saturated rings. The second-order valence-corrected chi connectivity index (χ2v) is 9.70. The van der Waals surface area contributed by atoms with Crippen molar-refractivity contribution < 1.29 is 9.13 Å². The van der Waals surface area contributed by atoms with Gasteiger partial charge in [-0.15, -0.1) is 0 Å². The third-order valence-corrected chi connectivity index (χ3v) is 8.05. The summed E-state index contributed by atoms with van der Waals surface area (Å²) in [4.78, 5) is 2.36. The van der Waals surface area contributed by atoms with E-state index in [9.17, 15) is 4.39 Å². The summed E-state index contributed by atoms with van der Waals surface area (Å²) in [5, 5.41) is 9.67. The van der Waals surface area contributed by atoms with Gasteiger partial charge in [-0.1, -0.05) is 22.9 Å². The first kappa shape index (κ1) is 20.4. The molecule has 3 aliphatic heterocycles. The fourth-order valence-corrected chi connectivity index (χ4v) is 6.02. The van der Waals surface area contributed by atoms with Crippen molar-refractivity contribution in [2.45, 2.75) is 81.1 Å². The van der Waals surface area contributed by atoms with Gasteiger partial charge in [-0.2, -0.15) is 0 Å². The molecule has 0 amide bonds. The highest BCUT2D eigenvalue weighted by Crippen LogP contribution is 2.36. The summed E-state index contributed by atoms with van der Waals surface area (Å²) in [6.07, 6.45) is 3.87. The van der Waals surface area contributed by atoms with E-state index in [1.165, 1.54) is 0 Å². The lowest BCUT2D eigenvalue weighted by Crippen LogP contribution is -2.63. The summed E-state index contributed by atoms with van der Waals surface area (Å²) in [6, 6.07) is 0.450. The molecule has 1 aliphatic carbocycles. The first-order valence-corrected chi connectivity index (χ1v) is 11.6. The minimum Gasteiger partial charge on any atom is -0.374 e. The number of rotatable bonds is 1. The van der Waals surface area contributed by atoms with E-state index in [1.807, 2.05) is 0 Å². The van der Waals surface area contributed by atoms with Crippen molar-refractivity contribution >= 4 is 15.9 Å². The normalized spacial score (nSPS) is 47.6. The molecule has 0 spiro atoms. The number of halogens is 2. The molecule has 3 N–H and O–H groups in total. The van der Waals surface area contributed by atoms with E-state index in [2.05, 4.69) is 55.7 Å². The summed E-state index contributed by atoms with van der Waals surface area (Å²) in [5.41, 5.74) is 3.79. The van der Waals surface area contributed by atoms with Crippen LogP contribution in [-0.4, -0.2) is 84.2 Å². The van der Waals surface area contributed by atoms with Gasteiger partial charge in [0.1, 0.15) is 6.17 Å². The molecule has 27 heavy (non-hydrogen) atoms. The number of hydrogen-bond donors (Lipinski definition) is 3. The zero-order chi connectivity index (χ0) is 19.0. The van der Waals surface area contributed by atoms with Crippen LogP contribution in [0.5, 0.6) is 0 Å². The van der Waals surface area contributed by atoms with Gasteiger partial charge in [0.25, 0.3) is 0 Å². The molecule has 6 nitrogen and oxygen atoms in total. The van der Waals surface area contributed by atoms with Crippen LogP contribution in [0, 0.1) is 5.92 Å². The smallest absolute Gasteiger partial charge is 0.113 e. The van der Waals surface area contributed by atoms with E-state index >= 15 is 0 Å². The molecule has 156 valence electrons. The number of hydrogen-bond acceptors (Lipinski definition) is 6. The van der Waals surface area contributed by atoms with Crippen molar-refractivity contribution in [3.05, 3.63) is 0 Å². The van der Waals surface area contributed by atoms with Crippen LogP contribution < -0.4 is 16.1 Å². The quantitative estimate of drug-likeness (QED) is 0.528. The maximum Gasteiger partial charge on any atom is 0.113 e. The van der Waals surface area contributed by atoms with Gasteiger partial charge in [-0.3, -0.25) is 10.2 Å². The summed E-state index contributed by atoms with van der Waals surface area (Å²) < 4.78 is 20.9. The van der Waals surface area contributed by atoms with Crippen molar-refractivity contribution in [3.8, 4) is 0 Å². The Labute approximate surface area is 171 Å². The lowest BCUT2D eigenvalue weighted by Gasteiger charge is -2.46. The highest BCUT2D eigenvalue weighted by molar-refractivity contribution is 9.09. The third kappa shape index (κ3) is 4.37. The fourth-order valence-electron chi connectivity index (χ4n) is 5.25. The highest BCUT2D eigenvalue weighted by Gasteiger charge is 2.43.